The van der Waals surface area contributed by atoms with Crippen molar-refractivity contribution in [2.75, 3.05) is 40.9 Å². The van der Waals surface area contributed by atoms with Gasteiger partial charge in [-0.1, -0.05) is 223 Å². The minimum absolute atomic E-state index is 0.0511. The Morgan fingerprint density at radius 2 is 0.846 bits per heavy atom. The molecule has 0 aromatic rings. The average molecular weight is 936 g/mol. The summed E-state index contributed by atoms with van der Waals surface area (Å²) in [6.07, 6.45) is 62.3. The van der Waals surface area contributed by atoms with Gasteiger partial charge in [0.1, 0.15) is 13.2 Å². The van der Waals surface area contributed by atoms with Crippen molar-refractivity contribution >= 4 is 13.7 Å². The molecule has 0 bridgehead atoms. The second kappa shape index (κ2) is 47.5. The van der Waals surface area contributed by atoms with Crippen molar-refractivity contribution in [2.24, 2.45) is 0 Å². The number of nitrogens with one attached hydrogen (secondary N) is 1. The maximum absolute atomic E-state index is 12.9. The number of phosphoric ester groups is 1. The molecule has 0 aliphatic heterocycles. The van der Waals surface area contributed by atoms with E-state index in [4.69, 9.17) is 9.05 Å². The first kappa shape index (κ1) is 63.5. The number of phosphoric acid groups is 1. The SMILES string of the molecule is CCCCC/C=C\CCCCCCCC(=O)NC(COP(=O)(O)OCC[N+](C)(C)C)C(O)/C=C/CC/C=C/CC/C=C/CCCCCCCCCCCCCCCCCCCCCCC. The normalized spacial score (nSPS) is 14.4. The van der Waals surface area contributed by atoms with Crippen molar-refractivity contribution in [1.82, 2.24) is 5.32 Å². The molecule has 0 radical (unpaired) electrons. The number of aliphatic hydroxyl groups excluding tert-OH is 1. The van der Waals surface area contributed by atoms with E-state index in [0.29, 0.717) is 17.4 Å². The molecular weight excluding hydrogens is 828 g/mol. The number of allylic oxidation sites excluding steroid dienone is 7. The Bertz CT molecular complexity index is 1200. The van der Waals surface area contributed by atoms with Gasteiger partial charge in [-0.25, -0.2) is 4.57 Å². The number of unbranched alkanes of at least 4 members (excludes halogenated alkanes) is 31. The van der Waals surface area contributed by atoms with Gasteiger partial charge >= 0.3 is 7.82 Å². The van der Waals surface area contributed by atoms with E-state index in [-0.39, 0.29) is 19.1 Å². The predicted molar refractivity (Wildman–Crippen MR) is 281 cm³/mol. The van der Waals surface area contributed by atoms with Crippen molar-refractivity contribution in [1.29, 1.82) is 0 Å². The molecule has 0 aromatic heterocycles. The van der Waals surface area contributed by atoms with Gasteiger partial charge in [0.2, 0.25) is 5.91 Å². The van der Waals surface area contributed by atoms with Gasteiger partial charge in [-0.05, 0) is 70.6 Å². The quantitative estimate of drug-likeness (QED) is 0.0243. The van der Waals surface area contributed by atoms with Gasteiger partial charge in [-0.15, -0.1) is 0 Å². The van der Waals surface area contributed by atoms with Crippen LogP contribution in [0.2, 0.25) is 0 Å². The summed E-state index contributed by atoms with van der Waals surface area (Å²) in [7, 11) is 1.54. The molecule has 0 aromatic carbocycles. The molecule has 0 fully saturated rings. The van der Waals surface area contributed by atoms with Gasteiger partial charge in [-0.3, -0.25) is 13.8 Å². The maximum Gasteiger partial charge on any atom is 0.472 e. The van der Waals surface area contributed by atoms with E-state index in [1.165, 1.54) is 173 Å². The minimum atomic E-state index is -4.36. The van der Waals surface area contributed by atoms with E-state index in [2.05, 4.69) is 55.6 Å². The van der Waals surface area contributed by atoms with Crippen LogP contribution >= 0.6 is 7.82 Å². The third-order valence-corrected chi connectivity index (χ3v) is 13.2. The number of nitrogens with zero attached hydrogens (tertiary/aromatic N) is 1. The highest BCUT2D eigenvalue weighted by atomic mass is 31.2. The fourth-order valence-electron chi connectivity index (χ4n) is 7.89. The topological polar surface area (TPSA) is 105 Å². The van der Waals surface area contributed by atoms with Crippen molar-refractivity contribution in [3.8, 4) is 0 Å². The standard InChI is InChI=1S/C56H107N2O6P/c1-6-8-10-12-14-16-18-20-21-22-23-24-25-26-27-28-29-30-31-32-33-34-35-36-37-38-39-41-43-45-47-49-55(59)54(53-64-65(61,62)63-52-51-58(3,4)5)57-56(60)50-48-46-44-42-40-19-17-15-13-11-9-7-2/h15,17,35-36,39,41,47,49,54-55,59H,6-14,16,18-34,37-38,40,42-46,48,50-53H2,1-5H3,(H-,57,60,61,62)/p+1/b17-15-,36-35+,41-39+,49-47+. The number of rotatable bonds is 50. The highest BCUT2D eigenvalue weighted by molar-refractivity contribution is 7.47. The van der Waals surface area contributed by atoms with Gasteiger partial charge in [0.05, 0.1) is 39.9 Å². The molecule has 0 aliphatic carbocycles. The second-order valence-corrected chi connectivity index (χ2v) is 21.4. The molecule has 0 rings (SSSR count). The van der Waals surface area contributed by atoms with Crippen LogP contribution in [0.15, 0.2) is 48.6 Å². The number of aliphatic hydroxyl groups is 1. The van der Waals surface area contributed by atoms with E-state index in [1.807, 2.05) is 27.2 Å². The van der Waals surface area contributed by atoms with Crippen molar-refractivity contribution in [2.45, 2.75) is 264 Å². The smallest absolute Gasteiger partial charge is 0.387 e. The predicted octanol–water partition coefficient (Wildman–Crippen LogP) is 16.4. The van der Waals surface area contributed by atoms with Crippen LogP contribution in [-0.2, 0) is 18.4 Å². The van der Waals surface area contributed by atoms with Crippen LogP contribution < -0.4 is 5.32 Å². The number of hydrogen-bond acceptors (Lipinski definition) is 5. The van der Waals surface area contributed by atoms with Gasteiger partial charge in [0, 0.05) is 6.42 Å². The van der Waals surface area contributed by atoms with Crippen LogP contribution in [-0.4, -0.2) is 73.4 Å². The van der Waals surface area contributed by atoms with Crippen LogP contribution in [0.5, 0.6) is 0 Å². The maximum atomic E-state index is 12.9. The fraction of sp³-hybridized carbons (Fsp3) is 0.839. The highest BCUT2D eigenvalue weighted by Crippen LogP contribution is 2.43. The molecule has 0 heterocycles. The molecule has 382 valence electrons. The van der Waals surface area contributed by atoms with Crippen molar-refractivity contribution in [3.05, 3.63) is 48.6 Å². The third-order valence-electron chi connectivity index (χ3n) is 12.2. The zero-order chi connectivity index (χ0) is 47.8. The van der Waals surface area contributed by atoms with Crippen molar-refractivity contribution in [3.63, 3.8) is 0 Å². The van der Waals surface area contributed by atoms with Crippen LogP contribution in [0.4, 0.5) is 0 Å². The molecule has 9 heteroatoms. The first-order valence-corrected chi connectivity index (χ1v) is 29.0. The van der Waals surface area contributed by atoms with E-state index in [9.17, 15) is 19.4 Å². The summed E-state index contributed by atoms with van der Waals surface area (Å²) in [5, 5.41) is 13.8. The molecule has 3 N–H and O–H groups in total. The van der Waals surface area contributed by atoms with Crippen molar-refractivity contribution < 1.29 is 32.9 Å². The van der Waals surface area contributed by atoms with Gasteiger partial charge in [-0.2, -0.15) is 0 Å². The lowest BCUT2D eigenvalue weighted by atomic mass is 10.0. The van der Waals surface area contributed by atoms with E-state index >= 15 is 0 Å². The largest absolute Gasteiger partial charge is 0.472 e. The molecular formula is C56H108N2O6P+. The number of likely N-dealkylation sites (N-methyl/N-ethyl adjacent to an activating group) is 1. The third kappa shape index (κ3) is 50.2. The number of hydrogen-bond donors (Lipinski definition) is 3. The molecule has 3 unspecified atom stereocenters. The Balaban J connectivity index is 4.18. The number of quaternary nitrogens is 1. The zero-order valence-corrected chi connectivity index (χ0v) is 44.4. The van der Waals surface area contributed by atoms with Crippen LogP contribution in [0.25, 0.3) is 0 Å². The van der Waals surface area contributed by atoms with Gasteiger partial charge in [0.25, 0.3) is 0 Å². The lowest BCUT2D eigenvalue weighted by Gasteiger charge is -2.25. The van der Waals surface area contributed by atoms with E-state index in [0.717, 1.165) is 57.8 Å². The molecule has 8 nitrogen and oxygen atoms in total. The summed E-state index contributed by atoms with van der Waals surface area (Å²) in [5.74, 6) is -0.201. The fourth-order valence-corrected chi connectivity index (χ4v) is 8.63. The Hall–Kier alpha value is -1.54. The lowest BCUT2D eigenvalue weighted by molar-refractivity contribution is -0.870. The molecule has 0 aliphatic rings. The molecule has 3 atom stereocenters. The van der Waals surface area contributed by atoms with E-state index in [1.54, 1.807) is 6.08 Å². The first-order valence-electron chi connectivity index (χ1n) is 27.5. The molecule has 0 saturated carbocycles. The Kier molecular flexibility index (Phi) is 46.4. The lowest BCUT2D eigenvalue weighted by Crippen LogP contribution is -2.45. The summed E-state index contributed by atoms with van der Waals surface area (Å²) in [4.78, 5) is 23.1. The zero-order valence-electron chi connectivity index (χ0n) is 43.5. The monoisotopic (exact) mass is 936 g/mol. The summed E-state index contributed by atoms with van der Waals surface area (Å²) < 4.78 is 23.6. The highest BCUT2D eigenvalue weighted by Gasteiger charge is 2.27. The molecule has 0 spiro atoms. The van der Waals surface area contributed by atoms with Crippen LogP contribution in [0.3, 0.4) is 0 Å². The average Bonchev–Trinajstić information content (AvgIpc) is 3.26. The summed E-state index contributed by atoms with van der Waals surface area (Å²) in [6.45, 7) is 4.76. The summed E-state index contributed by atoms with van der Waals surface area (Å²) >= 11 is 0. The van der Waals surface area contributed by atoms with Crippen LogP contribution in [0, 0.1) is 0 Å². The minimum Gasteiger partial charge on any atom is -0.387 e. The molecule has 65 heavy (non-hydrogen) atoms. The Labute approximate surface area is 403 Å². The Morgan fingerprint density at radius 3 is 1.26 bits per heavy atom. The number of carbonyl (C=O) groups is 1. The molecule has 0 saturated heterocycles. The summed E-state index contributed by atoms with van der Waals surface area (Å²) in [6, 6.07) is -0.874. The summed E-state index contributed by atoms with van der Waals surface area (Å²) in [5.41, 5.74) is 0. The number of carbonyl (C=O) groups excluding carboxylic acids is 1. The molecule has 1 amide bonds. The Morgan fingerprint density at radius 1 is 0.508 bits per heavy atom. The van der Waals surface area contributed by atoms with E-state index < -0.39 is 20.0 Å². The number of amides is 1. The van der Waals surface area contributed by atoms with Gasteiger partial charge in [0.15, 0.2) is 0 Å². The first-order chi connectivity index (χ1) is 31.5. The van der Waals surface area contributed by atoms with Crippen LogP contribution in [0.1, 0.15) is 251 Å². The van der Waals surface area contributed by atoms with Gasteiger partial charge < -0.3 is 19.8 Å². The second-order valence-electron chi connectivity index (χ2n) is 19.9.